The van der Waals surface area contributed by atoms with Crippen molar-refractivity contribution in [2.75, 3.05) is 0 Å². The van der Waals surface area contributed by atoms with Gasteiger partial charge in [-0.1, -0.05) is 158 Å². The van der Waals surface area contributed by atoms with Gasteiger partial charge in [0, 0.05) is 20.2 Å². The molecule has 0 atom stereocenters. The second-order valence-corrected chi connectivity index (χ2v) is 16.1. The summed E-state index contributed by atoms with van der Waals surface area (Å²) in [6, 6.07) is 68.9. The molecule has 2 aliphatic rings. The summed E-state index contributed by atoms with van der Waals surface area (Å²) >= 11 is 1.91. The maximum Gasteiger partial charge on any atom is 0.0725 e. The van der Waals surface area contributed by atoms with Crippen LogP contribution in [-0.4, -0.2) is 0 Å². The lowest BCUT2D eigenvalue weighted by Crippen LogP contribution is -2.25. The lowest BCUT2D eigenvalue weighted by molar-refractivity contribution is 0.794. The maximum atomic E-state index is 2.50. The Bertz CT molecular complexity index is 3290. The molecule has 0 radical (unpaired) electrons. The molecule has 1 spiro atoms. The minimum absolute atomic E-state index is 0.344. The van der Waals surface area contributed by atoms with Gasteiger partial charge in [-0.25, -0.2) is 0 Å². The van der Waals surface area contributed by atoms with Crippen LogP contribution in [0.2, 0.25) is 0 Å². The van der Waals surface area contributed by atoms with Gasteiger partial charge in [0.25, 0.3) is 0 Å². The molecule has 0 fully saturated rings. The summed E-state index contributed by atoms with van der Waals surface area (Å²) in [5.74, 6) is 0. The van der Waals surface area contributed by atoms with Gasteiger partial charge in [-0.05, 0) is 123 Å². The first kappa shape index (κ1) is 29.0. The molecule has 10 aromatic carbocycles. The SMILES string of the molecule is c1ccc2c(c1)-c1ccccc1C21c2ccccc2-c2cc(-c3c4ccccc4c(-c4cc5cccc6sc7cccc4c7c56)c4ccccc34)ccc21. The van der Waals surface area contributed by atoms with Gasteiger partial charge in [0.05, 0.1) is 5.41 Å². The Morgan fingerprint density at radius 1 is 0.315 bits per heavy atom. The summed E-state index contributed by atoms with van der Waals surface area (Å²) in [5, 5.41) is 10.6. The molecule has 0 nitrogen and oxygen atoms in total. The minimum atomic E-state index is -0.344. The van der Waals surface area contributed by atoms with E-state index in [1.165, 1.54) is 119 Å². The van der Waals surface area contributed by atoms with Gasteiger partial charge < -0.3 is 0 Å². The minimum Gasteiger partial charge on any atom is -0.135 e. The molecule has 0 saturated carbocycles. The van der Waals surface area contributed by atoms with Crippen molar-refractivity contribution < 1.29 is 0 Å². The van der Waals surface area contributed by atoms with E-state index in [9.17, 15) is 0 Å². The van der Waals surface area contributed by atoms with Gasteiger partial charge in [0.15, 0.2) is 0 Å². The summed E-state index contributed by atoms with van der Waals surface area (Å²) in [6.07, 6.45) is 0. The molecule has 54 heavy (non-hydrogen) atoms. The van der Waals surface area contributed by atoms with E-state index in [2.05, 4.69) is 182 Å². The van der Waals surface area contributed by atoms with Crippen LogP contribution in [0.15, 0.2) is 182 Å². The zero-order valence-corrected chi connectivity index (χ0v) is 30.0. The molecule has 0 unspecified atom stereocenters. The van der Waals surface area contributed by atoms with Gasteiger partial charge in [0.1, 0.15) is 0 Å². The van der Waals surface area contributed by atoms with Crippen LogP contribution < -0.4 is 0 Å². The first-order valence-corrected chi connectivity index (χ1v) is 19.7. The van der Waals surface area contributed by atoms with Crippen molar-refractivity contribution in [3.8, 4) is 44.5 Å². The quantitative estimate of drug-likeness (QED) is 0.125. The zero-order valence-electron chi connectivity index (χ0n) is 29.2. The smallest absolute Gasteiger partial charge is 0.0725 e. The van der Waals surface area contributed by atoms with Gasteiger partial charge in [-0.2, -0.15) is 0 Å². The molecule has 13 rings (SSSR count). The van der Waals surface area contributed by atoms with E-state index in [0.29, 0.717) is 0 Å². The monoisotopic (exact) mass is 698 g/mol. The van der Waals surface area contributed by atoms with E-state index < -0.39 is 0 Å². The van der Waals surface area contributed by atoms with Crippen LogP contribution in [-0.2, 0) is 5.41 Å². The highest BCUT2D eigenvalue weighted by Crippen LogP contribution is 2.63. The highest BCUT2D eigenvalue weighted by Gasteiger charge is 2.51. The lowest BCUT2D eigenvalue weighted by atomic mass is 9.70. The van der Waals surface area contributed by atoms with Crippen molar-refractivity contribution in [3.05, 3.63) is 204 Å². The molecule has 0 N–H and O–H groups in total. The van der Waals surface area contributed by atoms with Crippen molar-refractivity contribution in [3.63, 3.8) is 0 Å². The number of hydrogen-bond donors (Lipinski definition) is 0. The average Bonchev–Trinajstić information content (AvgIpc) is 3.87. The molecular formula is C53H30S. The summed E-state index contributed by atoms with van der Waals surface area (Å²) < 4.78 is 2.72. The van der Waals surface area contributed by atoms with Crippen LogP contribution in [0, 0.1) is 0 Å². The second-order valence-electron chi connectivity index (χ2n) is 15.0. The first-order valence-electron chi connectivity index (χ1n) is 18.8. The van der Waals surface area contributed by atoms with E-state index >= 15 is 0 Å². The summed E-state index contributed by atoms with van der Waals surface area (Å²) in [5.41, 5.74) is 15.7. The number of fused-ring (bicyclic) bond motifs is 12. The highest BCUT2D eigenvalue weighted by molar-refractivity contribution is 7.26. The Hall–Kier alpha value is -6.54. The molecule has 2 aliphatic carbocycles. The van der Waals surface area contributed by atoms with Crippen molar-refractivity contribution in [1.82, 2.24) is 0 Å². The number of hydrogen-bond acceptors (Lipinski definition) is 1. The second kappa shape index (κ2) is 10.3. The van der Waals surface area contributed by atoms with Crippen LogP contribution in [0.4, 0.5) is 0 Å². The third-order valence-corrected chi connectivity index (χ3v) is 13.8. The summed E-state index contributed by atoms with van der Waals surface area (Å²) in [7, 11) is 0. The van der Waals surface area contributed by atoms with Crippen LogP contribution in [0.3, 0.4) is 0 Å². The third-order valence-electron chi connectivity index (χ3n) is 12.6. The van der Waals surface area contributed by atoms with Crippen LogP contribution >= 0.6 is 11.3 Å². The normalized spacial score (nSPS) is 13.7. The number of rotatable bonds is 2. The Labute approximate surface area is 316 Å². The van der Waals surface area contributed by atoms with Crippen LogP contribution in [0.5, 0.6) is 0 Å². The Morgan fingerprint density at radius 2 is 0.796 bits per heavy atom. The number of benzene rings is 10. The maximum absolute atomic E-state index is 2.50. The van der Waals surface area contributed by atoms with E-state index in [4.69, 9.17) is 0 Å². The molecule has 1 heteroatoms. The standard InChI is InChI=1S/C53H30S/c1-3-19-38-36(17-1)49(37-18-2-4-20-39(37)51(38)42-30-31-13-11-25-47-50(31)52-40(42)21-12-26-48(52)54-47)32-27-28-46-41(29-32)35-16-7-10-24-45(35)53(46)43-22-8-5-14-33(43)34-15-6-9-23-44(34)53/h1-30H. The van der Waals surface area contributed by atoms with Gasteiger partial charge in [-0.15, -0.1) is 11.3 Å². The predicted octanol–water partition coefficient (Wildman–Crippen LogP) is 14.6. The Kier molecular flexibility index (Phi) is 5.54. The van der Waals surface area contributed by atoms with Crippen molar-refractivity contribution in [2.24, 2.45) is 0 Å². The third kappa shape index (κ3) is 3.45. The predicted molar refractivity (Wildman–Crippen MR) is 230 cm³/mol. The number of thiophene rings is 1. The summed E-state index contributed by atoms with van der Waals surface area (Å²) in [4.78, 5) is 0. The van der Waals surface area contributed by atoms with Crippen molar-refractivity contribution in [2.45, 2.75) is 5.41 Å². The van der Waals surface area contributed by atoms with Crippen LogP contribution in [0.25, 0.3) is 97.0 Å². The van der Waals surface area contributed by atoms with Crippen molar-refractivity contribution in [1.29, 1.82) is 0 Å². The molecule has 248 valence electrons. The van der Waals surface area contributed by atoms with Crippen LogP contribution in [0.1, 0.15) is 22.3 Å². The molecule has 0 saturated heterocycles. The Morgan fingerprint density at radius 3 is 1.43 bits per heavy atom. The molecule has 1 heterocycles. The largest absolute Gasteiger partial charge is 0.135 e. The average molecular weight is 699 g/mol. The topological polar surface area (TPSA) is 0 Å². The molecular weight excluding hydrogens is 669 g/mol. The van der Waals surface area contributed by atoms with E-state index in [0.717, 1.165) is 0 Å². The fourth-order valence-corrected chi connectivity index (χ4v) is 11.8. The first-order chi connectivity index (χ1) is 26.8. The summed E-state index contributed by atoms with van der Waals surface area (Å²) in [6.45, 7) is 0. The molecule has 0 bridgehead atoms. The molecule has 1 aromatic heterocycles. The molecule has 0 aliphatic heterocycles. The highest BCUT2D eigenvalue weighted by atomic mass is 32.1. The fourth-order valence-electron chi connectivity index (χ4n) is 10.7. The lowest BCUT2D eigenvalue weighted by Gasteiger charge is -2.30. The fraction of sp³-hybridized carbons (Fsp3) is 0.0189. The van der Waals surface area contributed by atoms with Crippen molar-refractivity contribution >= 4 is 63.8 Å². The van der Waals surface area contributed by atoms with E-state index in [1.807, 2.05) is 11.3 Å². The van der Waals surface area contributed by atoms with Gasteiger partial charge in [-0.3, -0.25) is 0 Å². The van der Waals surface area contributed by atoms with Gasteiger partial charge >= 0.3 is 0 Å². The molecule has 0 amide bonds. The van der Waals surface area contributed by atoms with Gasteiger partial charge in [0.2, 0.25) is 0 Å². The Balaban J connectivity index is 1.12. The molecule has 11 aromatic rings. The van der Waals surface area contributed by atoms with E-state index in [1.54, 1.807) is 0 Å². The zero-order chi connectivity index (χ0) is 35.1. The van der Waals surface area contributed by atoms with E-state index in [-0.39, 0.29) is 5.41 Å².